The minimum absolute atomic E-state index is 0.00838. The van der Waals surface area contributed by atoms with Gasteiger partial charge in [-0.1, -0.05) is 35.4 Å². The van der Waals surface area contributed by atoms with Gasteiger partial charge in [0.25, 0.3) is 0 Å². The molecule has 0 unspecified atom stereocenters. The molecule has 134 valence electrons. The second-order valence-electron chi connectivity index (χ2n) is 6.20. The maximum atomic E-state index is 12.2. The highest BCUT2D eigenvalue weighted by molar-refractivity contribution is 5.90. The van der Waals surface area contributed by atoms with Gasteiger partial charge in [0.15, 0.2) is 12.2 Å². The fourth-order valence-electron chi connectivity index (χ4n) is 2.49. The molecular weight excluding hydrogens is 332 g/mol. The number of benzene rings is 2. The Bertz CT molecular complexity index is 805. The van der Waals surface area contributed by atoms with Crippen LogP contribution in [0.3, 0.4) is 0 Å². The van der Waals surface area contributed by atoms with Crippen LogP contribution in [0.5, 0.6) is 0 Å². The summed E-state index contributed by atoms with van der Waals surface area (Å²) in [4.78, 5) is 24.3. The third-order valence-corrected chi connectivity index (χ3v) is 4.08. The van der Waals surface area contributed by atoms with E-state index >= 15 is 0 Å². The normalized spacial score (nSPS) is 18.2. The van der Waals surface area contributed by atoms with Crippen molar-refractivity contribution in [3.05, 3.63) is 83.1 Å². The van der Waals surface area contributed by atoms with Gasteiger partial charge in [0, 0.05) is 0 Å². The monoisotopic (exact) mass is 352 g/mol. The van der Waals surface area contributed by atoms with Gasteiger partial charge in [-0.25, -0.2) is 9.59 Å². The van der Waals surface area contributed by atoms with Crippen LogP contribution in [-0.2, 0) is 14.2 Å². The van der Waals surface area contributed by atoms with Gasteiger partial charge >= 0.3 is 11.9 Å². The van der Waals surface area contributed by atoms with E-state index in [1.54, 1.807) is 30.3 Å². The average molecular weight is 352 g/mol. The second kappa shape index (κ2) is 7.87. The van der Waals surface area contributed by atoms with E-state index in [0.717, 1.165) is 11.1 Å². The maximum Gasteiger partial charge on any atom is 0.338 e. The van der Waals surface area contributed by atoms with Crippen molar-refractivity contribution in [2.24, 2.45) is 0 Å². The summed E-state index contributed by atoms with van der Waals surface area (Å²) in [6.45, 7) is 3.88. The molecule has 0 amide bonds. The molecule has 26 heavy (non-hydrogen) atoms. The molecule has 2 atom stereocenters. The van der Waals surface area contributed by atoms with Crippen LogP contribution in [-0.4, -0.2) is 30.8 Å². The van der Waals surface area contributed by atoms with Crippen LogP contribution in [0.15, 0.2) is 60.9 Å². The van der Waals surface area contributed by atoms with Crippen LogP contribution in [0.2, 0.25) is 0 Å². The SMILES string of the molecule is Cc1ccc(C(=O)OC[C@H]2OC=C[C@@H]2OC(=O)c2ccc(C)cc2)cc1. The Morgan fingerprint density at radius 1 is 0.885 bits per heavy atom. The molecule has 5 heteroatoms. The molecule has 0 bridgehead atoms. The molecule has 0 fully saturated rings. The number of carbonyl (C=O) groups is 2. The summed E-state index contributed by atoms with van der Waals surface area (Å²) < 4.78 is 16.1. The fraction of sp³-hybridized carbons (Fsp3) is 0.238. The van der Waals surface area contributed by atoms with Crippen LogP contribution < -0.4 is 0 Å². The van der Waals surface area contributed by atoms with Crippen molar-refractivity contribution >= 4 is 11.9 Å². The predicted octanol–water partition coefficient (Wildman–Crippen LogP) is 3.60. The third-order valence-electron chi connectivity index (χ3n) is 4.08. The van der Waals surface area contributed by atoms with E-state index in [4.69, 9.17) is 14.2 Å². The molecule has 5 nitrogen and oxygen atoms in total. The first-order chi connectivity index (χ1) is 12.5. The number of hydrogen-bond donors (Lipinski definition) is 0. The Labute approximate surface area is 152 Å². The van der Waals surface area contributed by atoms with E-state index < -0.39 is 24.1 Å². The Morgan fingerprint density at radius 3 is 2.00 bits per heavy atom. The predicted molar refractivity (Wildman–Crippen MR) is 95.9 cm³/mol. The van der Waals surface area contributed by atoms with Crippen molar-refractivity contribution in [2.45, 2.75) is 26.1 Å². The Balaban J connectivity index is 1.55. The lowest BCUT2D eigenvalue weighted by Gasteiger charge is -2.19. The van der Waals surface area contributed by atoms with Gasteiger partial charge in [-0.05, 0) is 44.2 Å². The molecule has 2 aromatic rings. The zero-order valence-electron chi connectivity index (χ0n) is 14.7. The van der Waals surface area contributed by atoms with Crippen LogP contribution in [0.4, 0.5) is 0 Å². The third kappa shape index (κ3) is 4.30. The van der Waals surface area contributed by atoms with Crippen LogP contribution in [0.1, 0.15) is 31.8 Å². The lowest BCUT2D eigenvalue weighted by atomic mass is 10.1. The summed E-state index contributed by atoms with van der Waals surface area (Å²) in [6.07, 6.45) is 1.93. The molecule has 2 aromatic carbocycles. The van der Waals surface area contributed by atoms with E-state index in [9.17, 15) is 9.59 Å². The lowest BCUT2D eigenvalue weighted by Crippen LogP contribution is -2.32. The molecule has 0 radical (unpaired) electrons. The molecule has 0 spiro atoms. The molecule has 0 aromatic heterocycles. The molecule has 3 rings (SSSR count). The van der Waals surface area contributed by atoms with Crippen molar-refractivity contribution in [1.82, 2.24) is 0 Å². The molecule has 1 aliphatic rings. The summed E-state index contributed by atoms with van der Waals surface area (Å²) in [5, 5.41) is 0. The molecular formula is C21H20O5. The first-order valence-corrected chi connectivity index (χ1v) is 8.36. The number of ether oxygens (including phenoxy) is 3. The Hall–Kier alpha value is -3.08. The minimum Gasteiger partial charge on any atom is -0.490 e. The summed E-state index contributed by atoms with van der Waals surface area (Å²) in [5.41, 5.74) is 3.06. The van der Waals surface area contributed by atoms with Gasteiger partial charge in [0.1, 0.15) is 6.61 Å². The summed E-state index contributed by atoms with van der Waals surface area (Å²) in [6, 6.07) is 14.2. The molecule has 0 aliphatic carbocycles. The number of esters is 2. The van der Waals surface area contributed by atoms with E-state index in [1.807, 2.05) is 38.1 Å². The Kier molecular flexibility index (Phi) is 5.37. The van der Waals surface area contributed by atoms with Crippen molar-refractivity contribution in [3.8, 4) is 0 Å². The Morgan fingerprint density at radius 2 is 1.42 bits per heavy atom. The summed E-state index contributed by atoms with van der Waals surface area (Å²) in [7, 11) is 0. The van der Waals surface area contributed by atoms with Gasteiger partial charge in [0.2, 0.25) is 0 Å². The maximum absolute atomic E-state index is 12.2. The first-order valence-electron chi connectivity index (χ1n) is 8.36. The highest BCUT2D eigenvalue weighted by Gasteiger charge is 2.30. The van der Waals surface area contributed by atoms with Crippen LogP contribution in [0.25, 0.3) is 0 Å². The highest BCUT2D eigenvalue weighted by Crippen LogP contribution is 2.18. The van der Waals surface area contributed by atoms with Crippen LogP contribution >= 0.6 is 0 Å². The van der Waals surface area contributed by atoms with Crippen molar-refractivity contribution in [2.75, 3.05) is 6.61 Å². The van der Waals surface area contributed by atoms with Gasteiger partial charge in [-0.2, -0.15) is 0 Å². The molecule has 0 saturated heterocycles. The molecule has 0 N–H and O–H groups in total. The number of aryl methyl sites for hydroxylation is 2. The zero-order chi connectivity index (χ0) is 18.5. The summed E-state index contributed by atoms with van der Waals surface area (Å²) in [5.74, 6) is -0.885. The first kappa shape index (κ1) is 17.7. The average Bonchev–Trinajstić information content (AvgIpc) is 3.08. The van der Waals surface area contributed by atoms with E-state index in [-0.39, 0.29) is 6.61 Å². The van der Waals surface area contributed by atoms with E-state index in [1.165, 1.54) is 6.26 Å². The minimum atomic E-state index is -0.602. The fourth-order valence-corrected chi connectivity index (χ4v) is 2.49. The quantitative estimate of drug-likeness (QED) is 0.770. The molecule has 1 heterocycles. The number of rotatable bonds is 5. The van der Waals surface area contributed by atoms with Crippen molar-refractivity contribution in [1.29, 1.82) is 0 Å². The topological polar surface area (TPSA) is 61.8 Å². The smallest absolute Gasteiger partial charge is 0.338 e. The zero-order valence-corrected chi connectivity index (χ0v) is 14.7. The highest BCUT2D eigenvalue weighted by atomic mass is 16.6. The van der Waals surface area contributed by atoms with E-state index in [0.29, 0.717) is 11.1 Å². The number of carbonyl (C=O) groups excluding carboxylic acids is 2. The van der Waals surface area contributed by atoms with Gasteiger partial charge in [-0.3, -0.25) is 0 Å². The van der Waals surface area contributed by atoms with Crippen molar-refractivity contribution in [3.63, 3.8) is 0 Å². The standard InChI is InChI=1S/C21H20O5/c1-14-3-7-16(8-4-14)20(22)25-13-19-18(11-12-24-19)26-21(23)17-9-5-15(2)6-10-17/h3-12,18-19H,13H2,1-2H3/t18-,19+/m0/s1. The van der Waals surface area contributed by atoms with Crippen molar-refractivity contribution < 1.29 is 23.8 Å². The van der Waals surface area contributed by atoms with Gasteiger partial charge < -0.3 is 14.2 Å². The molecule has 1 aliphatic heterocycles. The largest absolute Gasteiger partial charge is 0.490 e. The summed E-state index contributed by atoms with van der Waals surface area (Å²) >= 11 is 0. The van der Waals surface area contributed by atoms with Crippen LogP contribution in [0, 0.1) is 13.8 Å². The molecule has 0 saturated carbocycles. The van der Waals surface area contributed by atoms with E-state index in [2.05, 4.69) is 0 Å². The van der Waals surface area contributed by atoms with Gasteiger partial charge in [-0.15, -0.1) is 0 Å². The second-order valence-corrected chi connectivity index (χ2v) is 6.20. The van der Waals surface area contributed by atoms with Gasteiger partial charge in [0.05, 0.1) is 17.4 Å². The number of hydrogen-bond acceptors (Lipinski definition) is 5. The lowest BCUT2D eigenvalue weighted by molar-refractivity contribution is -0.0189.